The number of carbonyl (C=O) groups is 2. The smallest absolute Gasteiger partial charge is 0.549 e. The third kappa shape index (κ3) is 6.30. The van der Waals surface area contributed by atoms with Crippen molar-refractivity contribution in [3.63, 3.8) is 0 Å². The van der Waals surface area contributed by atoms with Crippen molar-refractivity contribution in [2.45, 2.75) is 24.3 Å². The standard InChI is InChI=1S/C8H14O8S2.2Na/c1-3-17(13,14)5(7(9)10)6(8(11)12)18(15,16)4-2;;/h5-6H,3-4H2,1-2H3,(H,9,10)(H,11,12);;/q;2*+1/p-2. The van der Waals surface area contributed by atoms with Crippen molar-refractivity contribution in [1.82, 2.24) is 0 Å². The van der Waals surface area contributed by atoms with Gasteiger partial charge in [-0.2, -0.15) is 0 Å². The van der Waals surface area contributed by atoms with E-state index >= 15 is 0 Å². The van der Waals surface area contributed by atoms with Crippen molar-refractivity contribution in [2.24, 2.45) is 0 Å². The third-order valence-electron chi connectivity index (χ3n) is 2.32. The van der Waals surface area contributed by atoms with Gasteiger partial charge in [-0.25, -0.2) is 16.8 Å². The minimum atomic E-state index is -4.46. The van der Waals surface area contributed by atoms with E-state index in [0.717, 1.165) is 13.8 Å². The first kappa shape index (κ1) is 25.8. The predicted octanol–water partition coefficient (Wildman–Crippen LogP) is -9.90. The van der Waals surface area contributed by atoms with E-state index in [1.807, 2.05) is 0 Å². The first-order valence-corrected chi connectivity index (χ1v) is 8.29. The molecule has 20 heavy (non-hydrogen) atoms. The van der Waals surface area contributed by atoms with Crippen molar-refractivity contribution in [3.8, 4) is 0 Å². The maximum atomic E-state index is 11.5. The van der Waals surface area contributed by atoms with Crippen LogP contribution in [0.15, 0.2) is 0 Å². The molecule has 0 aliphatic carbocycles. The normalized spacial score (nSPS) is 14.3. The van der Waals surface area contributed by atoms with Crippen molar-refractivity contribution in [1.29, 1.82) is 0 Å². The largest absolute Gasteiger partial charge is 1.00 e. The summed E-state index contributed by atoms with van der Waals surface area (Å²) in [5.74, 6) is -6.00. The minimum Gasteiger partial charge on any atom is -0.549 e. The fourth-order valence-electron chi connectivity index (χ4n) is 1.28. The van der Waals surface area contributed by atoms with Gasteiger partial charge in [0.15, 0.2) is 19.7 Å². The molecule has 0 amide bonds. The third-order valence-corrected chi connectivity index (χ3v) is 6.58. The summed E-state index contributed by atoms with van der Waals surface area (Å²) in [5, 5.41) is 16.2. The number of hydrogen-bond donors (Lipinski definition) is 0. The van der Waals surface area contributed by atoms with Gasteiger partial charge in [-0.05, 0) is 0 Å². The zero-order chi connectivity index (χ0) is 14.7. The van der Waals surface area contributed by atoms with Crippen LogP contribution in [0, 0.1) is 0 Å². The summed E-state index contributed by atoms with van der Waals surface area (Å²) in [6.45, 7) is 2.13. The van der Waals surface area contributed by atoms with Crippen LogP contribution in [0.4, 0.5) is 0 Å². The number of hydrogen-bond acceptors (Lipinski definition) is 8. The topological polar surface area (TPSA) is 149 Å². The first-order chi connectivity index (χ1) is 8.01. The van der Waals surface area contributed by atoms with Gasteiger partial charge in [0.1, 0.15) is 10.5 Å². The molecule has 106 valence electrons. The quantitative estimate of drug-likeness (QED) is 0.413. The molecule has 0 N–H and O–H groups in total. The van der Waals surface area contributed by atoms with Gasteiger partial charge in [0.25, 0.3) is 0 Å². The van der Waals surface area contributed by atoms with Crippen LogP contribution < -0.4 is 69.3 Å². The van der Waals surface area contributed by atoms with Crippen molar-refractivity contribution in [2.75, 3.05) is 11.5 Å². The molecule has 0 saturated heterocycles. The predicted molar refractivity (Wildman–Crippen MR) is 56.5 cm³/mol. The molecule has 0 aromatic rings. The second-order valence-electron chi connectivity index (χ2n) is 3.38. The summed E-state index contributed by atoms with van der Waals surface area (Å²) < 4.78 is 45.9. The van der Waals surface area contributed by atoms with Crippen molar-refractivity contribution >= 4 is 31.6 Å². The summed E-state index contributed by atoms with van der Waals surface area (Å²) in [4.78, 5) is 21.5. The van der Waals surface area contributed by atoms with Gasteiger partial charge in [-0.3, -0.25) is 0 Å². The second-order valence-corrected chi connectivity index (χ2v) is 8.20. The molecule has 0 aromatic carbocycles. The van der Waals surface area contributed by atoms with Crippen LogP contribution >= 0.6 is 0 Å². The van der Waals surface area contributed by atoms with Crippen LogP contribution in [0.1, 0.15) is 13.8 Å². The average Bonchev–Trinajstić information content (AvgIpc) is 2.23. The number of rotatable bonds is 7. The molecule has 0 heterocycles. The maximum Gasteiger partial charge on any atom is 1.00 e. The Labute approximate surface area is 161 Å². The number of carbonyl (C=O) groups excluding carboxylic acids is 2. The Balaban J connectivity index is -0.00000144. The van der Waals surface area contributed by atoms with E-state index in [4.69, 9.17) is 0 Å². The second kappa shape index (κ2) is 9.78. The van der Waals surface area contributed by atoms with Crippen LogP contribution in [0.3, 0.4) is 0 Å². The zero-order valence-corrected chi connectivity index (χ0v) is 17.3. The Morgan fingerprint density at radius 2 is 1.00 bits per heavy atom. The minimum absolute atomic E-state index is 0. The van der Waals surface area contributed by atoms with E-state index in [2.05, 4.69) is 0 Å². The molecule has 0 rings (SSSR count). The molecule has 0 saturated carbocycles. The van der Waals surface area contributed by atoms with E-state index < -0.39 is 53.6 Å². The molecule has 0 aliphatic heterocycles. The molecule has 12 heteroatoms. The van der Waals surface area contributed by atoms with Gasteiger partial charge >= 0.3 is 59.1 Å². The van der Waals surface area contributed by atoms with Crippen LogP contribution in [0.2, 0.25) is 0 Å². The Morgan fingerprint density at radius 3 is 1.10 bits per heavy atom. The fraction of sp³-hybridized carbons (Fsp3) is 0.750. The van der Waals surface area contributed by atoms with E-state index in [9.17, 15) is 36.6 Å². The summed E-state index contributed by atoms with van der Waals surface area (Å²) in [5.41, 5.74) is 0. The van der Waals surface area contributed by atoms with Crippen LogP contribution in [-0.4, -0.2) is 50.8 Å². The van der Waals surface area contributed by atoms with E-state index in [1.165, 1.54) is 0 Å². The van der Waals surface area contributed by atoms with Gasteiger partial charge in [0.2, 0.25) is 0 Å². The molecular weight excluding hydrogens is 334 g/mol. The molecular formula is C8H12Na2O8S2. The van der Waals surface area contributed by atoms with Gasteiger partial charge < -0.3 is 19.8 Å². The van der Waals surface area contributed by atoms with Gasteiger partial charge in [0.05, 0.1) is 11.9 Å². The Morgan fingerprint density at radius 1 is 0.800 bits per heavy atom. The Bertz CT molecular complexity index is 489. The fourth-order valence-corrected chi connectivity index (χ4v) is 4.57. The number of aliphatic carboxylic acids is 2. The van der Waals surface area contributed by atoms with E-state index in [-0.39, 0.29) is 59.1 Å². The average molecular weight is 346 g/mol. The maximum absolute atomic E-state index is 11.5. The number of carboxylic acids is 2. The summed E-state index contributed by atoms with van der Waals surface area (Å²) >= 11 is 0. The van der Waals surface area contributed by atoms with Crippen LogP contribution in [-0.2, 0) is 29.3 Å². The molecule has 0 fully saturated rings. The van der Waals surface area contributed by atoms with E-state index in [0.29, 0.717) is 0 Å². The molecule has 0 bridgehead atoms. The van der Waals surface area contributed by atoms with E-state index in [1.54, 1.807) is 0 Å². The van der Waals surface area contributed by atoms with Crippen LogP contribution in [0.5, 0.6) is 0 Å². The Hall–Kier alpha value is 0.840. The van der Waals surface area contributed by atoms with Gasteiger partial charge in [-0.15, -0.1) is 0 Å². The van der Waals surface area contributed by atoms with Crippen LogP contribution in [0.25, 0.3) is 0 Å². The van der Waals surface area contributed by atoms with Gasteiger partial charge in [-0.1, -0.05) is 13.8 Å². The SMILES string of the molecule is CCS(=O)(=O)C(C(=O)[O-])C(C(=O)[O-])S(=O)(=O)CC.[Na+].[Na+]. The molecule has 8 nitrogen and oxygen atoms in total. The number of carboxylic acid groups (broad SMARTS) is 2. The molecule has 0 spiro atoms. The summed E-state index contributed by atoms with van der Waals surface area (Å²) in [6, 6.07) is 0. The zero-order valence-electron chi connectivity index (χ0n) is 11.7. The summed E-state index contributed by atoms with van der Waals surface area (Å²) in [7, 11) is -8.92. The van der Waals surface area contributed by atoms with Crippen molar-refractivity contribution in [3.05, 3.63) is 0 Å². The molecule has 2 atom stereocenters. The molecule has 0 radical (unpaired) electrons. The van der Waals surface area contributed by atoms with Gasteiger partial charge in [0, 0.05) is 11.5 Å². The molecule has 0 aliphatic rings. The molecule has 2 unspecified atom stereocenters. The first-order valence-electron chi connectivity index (χ1n) is 4.86. The molecule has 0 aromatic heterocycles. The summed E-state index contributed by atoms with van der Waals surface area (Å²) in [6.07, 6.45) is 0. The Kier molecular flexibility index (Phi) is 12.6. The monoisotopic (exact) mass is 346 g/mol. The number of sulfone groups is 2. The van der Waals surface area contributed by atoms with Crippen molar-refractivity contribution < 1.29 is 95.8 Å².